The van der Waals surface area contributed by atoms with Crippen molar-refractivity contribution >= 4 is 9.84 Å². The Morgan fingerprint density at radius 2 is 2.20 bits per heavy atom. The van der Waals surface area contributed by atoms with E-state index in [1.54, 1.807) is 18.2 Å². The summed E-state index contributed by atoms with van der Waals surface area (Å²) < 4.78 is 29.3. The quantitative estimate of drug-likeness (QED) is 0.773. The highest BCUT2D eigenvalue weighted by Gasteiger charge is 2.31. The summed E-state index contributed by atoms with van der Waals surface area (Å²) in [4.78, 5) is 0.370. The van der Waals surface area contributed by atoms with Gasteiger partial charge >= 0.3 is 0 Å². The lowest BCUT2D eigenvalue weighted by Gasteiger charge is -2.11. The molecular weight excluding hydrogens is 212 g/mol. The van der Waals surface area contributed by atoms with Crippen LogP contribution in [0.5, 0.6) is 0 Å². The van der Waals surface area contributed by atoms with Crippen molar-refractivity contribution in [1.82, 2.24) is 0 Å². The van der Waals surface area contributed by atoms with Gasteiger partial charge < -0.3 is 4.74 Å². The summed E-state index contributed by atoms with van der Waals surface area (Å²) in [6, 6.07) is 6.97. The van der Waals surface area contributed by atoms with Crippen LogP contribution in [-0.4, -0.2) is 20.5 Å². The lowest BCUT2D eigenvalue weighted by molar-refractivity contribution is 0.165. The van der Waals surface area contributed by atoms with Gasteiger partial charge in [0.05, 0.1) is 4.90 Å². The van der Waals surface area contributed by atoms with E-state index in [4.69, 9.17) is 4.74 Å². The van der Waals surface area contributed by atoms with Crippen LogP contribution in [0.4, 0.5) is 0 Å². The molecule has 4 heteroatoms. The van der Waals surface area contributed by atoms with Crippen molar-refractivity contribution in [3.8, 4) is 0 Å². The lowest BCUT2D eigenvalue weighted by atomic mass is 10.2. The predicted octanol–water partition coefficient (Wildman–Crippen LogP) is 1.91. The van der Waals surface area contributed by atoms with Gasteiger partial charge in [0.2, 0.25) is 9.84 Å². The fourth-order valence-corrected chi connectivity index (χ4v) is 3.41. The van der Waals surface area contributed by atoms with Gasteiger partial charge in [0.15, 0.2) is 5.44 Å². The molecule has 0 aromatic heterocycles. The lowest BCUT2D eigenvalue weighted by Crippen LogP contribution is -2.20. The summed E-state index contributed by atoms with van der Waals surface area (Å²) in [5.41, 5.74) is 0.313. The number of ether oxygens (including phenoxy) is 1. The third-order valence-electron chi connectivity index (χ3n) is 2.55. The number of aryl methyl sites for hydroxylation is 1. The Morgan fingerprint density at radius 3 is 2.80 bits per heavy atom. The van der Waals surface area contributed by atoms with Gasteiger partial charge in [0.1, 0.15) is 0 Å². The van der Waals surface area contributed by atoms with Crippen molar-refractivity contribution < 1.29 is 13.2 Å². The maximum atomic E-state index is 12.1. The first kappa shape index (κ1) is 10.6. The molecule has 0 spiro atoms. The van der Waals surface area contributed by atoms with Gasteiger partial charge in [0, 0.05) is 6.61 Å². The third kappa shape index (κ3) is 2.06. The molecule has 1 atom stereocenters. The zero-order valence-corrected chi connectivity index (χ0v) is 9.46. The largest absolute Gasteiger partial charge is 0.362 e. The van der Waals surface area contributed by atoms with Gasteiger partial charge in [-0.25, -0.2) is 8.42 Å². The molecule has 82 valence electrons. The van der Waals surface area contributed by atoms with E-state index in [0.29, 0.717) is 17.9 Å². The Morgan fingerprint density at radius 1 is 1.40 bits per heavy atom. The molecule has 1 aromatic rings. The van der Waals surface area contributed by atoms with Gasteiger partial charge in [-0.3, -0.25) is 0 Å². The zero-order chi connectivity index (χ0) is 10.9. The van der Waals surface area contributed by atoms with Crippen LogP contribution in [0, 0.1) is 6.92 Å². The second-order valence-electron chi connectivity index (χ2n) is 3.80. The van der Waals surface area contributed by atoms with Crippen LogP contribution < -0.4 is 0 Å². The van der Waals surface area contributed by atoms with E-state index in [2.05, 4.69) is 0 Å². The molecule has 1 aromatic carbocycles. The molecular formula is C11H14O3S. The minimum Gasteiger partial charge on any atom is -0.362 e. The van der Waals surface area contributed by atoms with E-state index in [1.807, 2.05) is 13.0 Å². The van der Waals surface area contributed by atoms with Crippen molar-refractivity contribution in [3.63, 3.8) is 0 Å². The topological polar surface area (TPSA) is 43.4 Å². The molecule has 2 rings (SSSR count). The van der Waals surface area contributed by atoms with Crippen LogP contribution in [-0.2, 0) is 14.6 Å². The standard InChI is InChI=1S/C11H14O3S/c1-9-4-2-5-10(8-9)15(12,13)11-6-3-7-14-11/h2,4-5,8,11H,3,6-7H2,1H3/t11-/m1/s1. The normalized spacial score (nSPS) is 21.8. The van der Waals surface area contributed by atoms with E-state index in [9.17, 15) is 8.42 Å². The summed E-state index contributed by atoms with van der Waals surface area (Å²) in [5.74, 6) is 0. The second-order valence-corrected chi connectivity index (χ2v) is 5.89. The van der Waals surface area contributed by atoms with Crippen molar-refractivity contribution in [2.75, 3.05) is 6.61 Å². The summed E-state index contributed by atoms with van der Waals surface area (Å²) in [5, 5.41) is 0. The molecule has 1 saturated heterocycles. The van der Waals surface area contributed by atoms with Crippen molar-refractivity contribution in [2.24, 2.45) is 0 Å². The van der Waals surface area contributed by atoms with Gasteiger partial charge in [-0.05, 0) is 37.5 Å². The molecule has 1 heterocycles. The monoisotopic (exact) mass is 226 g/mol. The molecule has 1 fully saturated rings. The first-order valence-corrected chi connectivity index (χ1v) is 6.57. The maximum Gasteiger partial charge on any atom is 0.205 e. The number of sulfone groups is 1. The Balaban J connectivity index is 2.36. The average Bonchev–Trinajstić information content (AvgIpc) is 2.71. The first-order chi connectivity index (χ1) is 7.10. The molecule has 15 heavy (non-hydrogen) atoms. The molecule has 0 unspecified atom stereocenters. The van der Waals surface area contributed by atoms with E-state index in [0.717, 1.165) is 12.0 Å². The molecule has 3 nitrogen and oxygen atoms in total. The number of benzene rings is 1. The van der Waals surface area contributed by atoms with E-state index >= 15 is 0 Å². The van der Waals surface area contributed by atoms with Crippen molar-refractivity contribution in [1.29, 1.82) is 0 Å². The summed E-state index contributed by atoms with van der Waals surface area (Å²) in [6.07, 6.45) is 1.44. The van der Waals surface area contributed by atoms with E-state index in [-0.39, 0.29) is 0 Å². The Kier molecular flexibility index (Phi) is 2.80. The molecule has 0 saturated carbocycles. The van der Waals surface area contributed by atoms with Gasteiger partial charge in [-0.2, -0.15) is 0 Å². The fourth-order valence-electron chi connectivity index (χ4n) is 1.74. The van der Waals surface area contributed by atoms with Crippen molar-refractivity contribution in [2.45, 2.75) is 30.1 Å². The Bertz CT molecular complexity index is 445. The van der Waals surface area contributed by atoms with Gasteiger partial charge in [-0.15, -0.1) is 0 Å². The molecule has 1 aliphatic heterocycles. The molecule has 0 N–H and O–H groups in total. The summed E-state index contributed by atoms with van der Waals surface area (Å²) >= 11 is 0. The molecule has 1 aliphatic rings. The highest BCUT2D eigenvalue weighted by atomic mass is 32.2. The number of hydrogen-bond donors (Lipinski definition) is 0. The molecule has 0 amide bonds. The van der Waals surface area contributed by atoms with Crippen LogP contribution in [0.1, 0.15) is 18.4 Å². The minimum atomic E-state index is -3.28. The van der Waals surface area contributed by atoms with Crippen molar-refractivity contribution in [3.05, 3.63) is 29.8 Å². The maximum absolute atomic E-state index is 12.1. The molecule has 0 aliphatic carbocycles. The first-order valence-electron chi connectivity index (χ1n) is 5.03. The zero-order valence-electron chi connectivity index (χ0n) is 8.64. The molecule has 0 radical (unpaired) electrons. The number of rotatable bonds is 2. The fraction of sp³-hybridized carbons (Fsp3) is 0.455. The van der Waals surface area contributed by atoms with Crippen LogP contribution in [0.15, 0.2) is 29.2 Å². The SMILES string of the molecule is Cc1cccc(S(=O)(=O)[C@@H]2CCCO2)c1. The van der Waals surface area contributed by atoms with E-state index < -0.39 is 15.3 Å². The highest BCUT2D eigenvalue weighted by Crippen LogP contribution is 2.25. The Hall–Kier alpha value is -0.870. The summed E-state index contributed by atoms with van der Waals surface area (Å²) in [7, 11) is -3.28. The number of hydrogen-bond acceptors (Lipinski definition) is 3. The second kappa shape index (κ2) is 3.94. The van der Waals surface area contributed by atoms with Crippen LogP contribution in [0.3, 0.4) is 0 Å². The minimum absolute atomic E-state index is 0.370. The van der Waals surface area contributed by atoms with Gasteiger partial charge in [0.25, 0.3) is 0 Å². The van der Waals surface area contributed by atoms with Crippen LogP contribution in [0.25, 0.3) is 0 Å². The van der Waals surface area contributed by atoms with Gasteiger partial charge in [-0.1, -0.05) is 12.1 Å². The third-order valence-corrected chi connectivity index (χ3v) is 4.53. The summed E-state index contributed by atoms with van der Waals surface area (Å²) in [6.45, 7) is 2.43. The van der Waals surface area contributed by atoms with Crippen LogP contribution in [0.2, 0.25) is 0 Å². The Labute approximate surface area is 90.0 Å². The highest BCUT2D eigenvalue weighted by molar-refractivity contribution is 7.92. The molecule has 0 bridgehead atoms. The van der Waals surface area contributed by atoms with E-state index in [1.165, 1.54) is 0 Å². The predicted molar refractivity (Wildman–Crippen MR) is 57.3 cm³/mol. The smallest absolute Gasteiger partial charge is 0.205 e. The average molecular weight is 226 g/mol. The van der Waals surface area contributed by atoms with Crippen LogP contribution >= 0.6 is 0 Å².